The zero-order valence-electron chi connectivity index (χ0n) is 9.96. The second-order valence-electron chi connectivity index (χ2n) is 3.98. The molecule has 1 aromatic rings. The highest BCUT2D eigenvalue weighted by Gasteiger charge is 2.11. The molecule has 7 heteroatoms. The molecule has 0 saturated carbocycles. The molecule has 18 heavy (non-hydrogen) atoms. The van der Waals surface area contributed by atoms with Crippen LogP contribution in [0.15, 0.2) is 16.5 Å². The minimum absolute atomic E-state index is 0.656. The number of hydrogen-bond donors (Lipinski definition) is 2. The highest BCUT2D eigenvalue weighted by molar-refractivity contribution is 7.11. The molecule has 1 aromatic heterocycles. The Morgan fingerprint density at radius 2 is 2.39 bits per heavy atom. The Bertz CT molecular complexity index is 426. The summed E-state index contributed by atoms with van der Waals surface area (Å²) in [7, 11) is 0. The van der Waals surface area contributed by atoms with Crippen molar-refractivity contribution in [3.63, 3.8) is 0 Å². The third kappa shape index (κ3) is 4.10. The van der Waals surface area contributed by atoms with Crippen molar-refractivity contribution in [3.8, 4) is 0 Å². The molecule has 98 valence electrons. The first-order valence-corrected chi connectivity index (χ1v) is 6.58. The van der Waals surface area contributed by atoms with Crippen LogP contribution in [0.3, 0.4) is 0 Å². The third-order valence-electron chi connectivity index (χ3n) is 2.55. The number of amides is 2. The summed E-state index contributed by atoms with van der Waals surface area (Å²) in [6, 6.07) is 1.41. The summed E-state index contributed by atoms with van der Waals surface area (Å²) in [6.07, 6.45) is 1.60. The van der Waals surface area contributed by atoms with Gasteiger partial charge >= 0.3 is 6.03 Å². The van der Waals surface area contributed by atoms with E-state index in [1.54, 1.807) is 17.6 Å². The van der Waals surface area contributed by atoms with Crippen molar-refractivity contribution < 1.29 is 9.53 Å². The van der Waals surface area contributed by atoms with E-state index in [1.165, 1.54) is 5.56 Å². The number of ether oxygens (including phenoxy) is 1. The summed E-state index contributed by atoms with van der Waals surface area (Å²) in [5.74, 6) is 0. The van der Waals surface area contributed by atoms with Gasteiger partial charge in [-0.05, 0) is 17.0 Å². The minimum Gasteiger partial charge on any atom is -0.379 e. The minimum atomic E-state index is -0.656. The number of nitrogens with two attached hydrogens (primary N) is 1. The number of carbonyl (C=O) groups is 1. The van der Waals surface area contributed by atoms with Crippen LogP contribution in [0.2, 0.25) is 0 Å². The third-order valence-corrected chi connectivity index (χ3v) is 3.47. The quantitative estimate of drug-likeness (QED) is 0.619. The van der Waals surface area contributed by atoms with E-state index < -0.39 is 6.03 Å². The maximum Gasteiger partial charge on any atom is 0.332 e. The molecule has 0 spiro atoms. The molecule has 1 aliphatic heterocycles. The van der Waals surface area contributed by atoms with Gasteiger partial charge in [-0.25, -0.2) is 10.2 Å². The van der Waals surface area contributed by atoms with Gasteiger partial charge in [-0.2, -0.15) is 5.10 Å². The first-order chi connectivity index (χ1) is 8.74. The maximum atomic E-state index is 10.4. The Balaban J connectivity index is 1.85. The molecule has 2 heterocycles. The van der Waals surface area contributed by atoms with Gasteiger partial charge in [0.2, 0.25) is 0 Å². The average Bonchev–Trinajstić information content (AvgIpc) is 2.78. The molecular weight excluding hydrogens is 252 g/mol. The lowest BCUT2D eigenvalue weighted by Gasteiger charge is -2.26. The molecule has 2 amide bonds. The lowest BCUT2D eigenvalue weighted by Crippen LogP contribution is -2.35. The number of carbonyl (C=O) groups excluding carboxylic acids is 1. The SMILES string of the molecule is NC(=O)N/N=C/c1cc(CN2CCOCC2)cs1. The number of morpholine rings is 1. The molecule has 0 unspecified atom stereocenters. The van der Waals surface area contributed by atoms with Gasteiger partial charge in [-0.3, -0.25) is 4.90 Å². The predicted molar refractivity (Wildman–Crippen MR) is 70.7 cm³/mol. The predicted octanol–water partition coefficient (Wildman–Crippen LogP) is 0.582. The number of nitrogens with one attached hydrogen (secondary N) is 1. The van der Waals surface area contributed by atoms with Crippen molar-refractivity contribution in [1.82, 2.24) is 10.3 Å². The number of nitrogens with zero attached hydrogens (tertiary/aromatic N) is 2. The fraction of sp³-hybridized carbons (Fsp3) is 0.455. The molecular formula is C11H16N4O2S. The number of thiophene rings is 1. The van der Waals surface area contributed by atoms with E-state index in [2.05, 4.69) is 26.9 Å². The topological polar surface area (TPSA) is 80.0 Å². The summed E-state index contributed by atoms with van der Waals surface area (Å²) in [5, 5.41) is 5.83. The molecule has 0 atom stereocenters. The van der Waals surface area contributed by atoms with Crippen molar-refractivity contribution in [2.45, 2.75) is 6.54 Å². The first-order valence-electron chi connectivity index (χ1n) is 5.70. The molecule has 0 aromatic carbocycles. The van der Waals surface area contributed by atoms with Crippen LogP contribution < -0.4 is 11.2 Å². The normalized spacial score (nSPS) is 17.1. The monoisotopic (exact) mass is 268 g/mol. The Hall–Kier alpha value is -1.44. The summed E-state index contributed by atoms with van der Waals surface area (Å²) in [5.41, 5.74) is 8.33. The Morgan fingerprint density at radius 1 is 1.61 bits per heavy atom. The van der Waals surface area contributed by atoms with Crippen LogP contribution in [0, 0.1) is 0 Å². The van der Waals surface area contributed by atoms with Gasteiger partial charge in [0.15, 0.2) is 0 Å². The van der Waals surface area contributed by atoms with Crippen molar-refractivity contribution in [1.29, 1.82) is 0 Å². The molecule has 0 aliphatic carbocycles. The number of primary amides is 1. The second-order valence-corrected chi connectivity index (χ2v) is 4.92. The van der Waals surface area contributed by atoms with Gasteiger partial charge in [-0.15, -0.1) is 11.3 Å². The summed E-state index contributed by atoms with van der Waals surface area (Å²) in [6.45, 7) is 4.49. The van der Waals surface area contributed by atoms with Crippen LogP contribution in [0.1, 0.15) is 10.4 Å². The average molecular weight is 268 g/mol. The van der Waals surface area contributed by atoms with E-state index in [-0.39, 0.29) is 0 Å². The van der Waals surface area contributed by atoms with Crippen LogP contribution >= 0.6 is 11.3 Å². The molecule has 0 bridgehead atoms. The molecule has 1 saturated heterocycles. The molecule has 1 fully saturated rings. The first kappa shape index (κ1) is 13.0. The van der Waals surface area contributed by atoms with E-state index in [0.717, 1.165) is 37.7 Å². The largest absolute Gasteiger partial charge is 0.379 e. The van der Waals surface area contributed by atoms with E-state index in [0.29, 0.717) is 0 Å². The van der Waals surface area contributed by atoms with Crippen LogP contribution in [-0.4, -0.2) is 43.4 Å². The van der Waals surface area contributed by atoms with Crippen molar-refractivity contribution in [2.24, 2.45) is 10.8 Å². The van der Waals surface area contributed by atoms with Crippen molar-refractivity contribution >= 4 is 23.6 Å². The maximum absolute atomic E-state index is 10.4. The van der Waals surface area contributed by atoms with Crippen molar-refractivity contribution in [2.75, 3.05) is 26.3 Å². The van der Waals surface area contributed by atoms with Gasteiger partial charge in [0, 0.05) is 24.5 Å². The summed E-state index contributed by atoms with van der Waals surface area (Å²) >= 11 is 1.59. The number of rotatable bonds is 4. The van der Waals surface area contributed by atoms with Crippen LogP contribution in [-0.2, 0) is 11.3 Å². The fourth-order valence-corrected chi connectivity index (χ4v) is 2.49. The number of hydrazone groups is 1. The van der Waals surface area contributed by atoms with Gasteiger partial charge in [-0.1, -0.05) is 0 Å². The Labute approximate surface area is 109 Å². The van der Waals surface area contributed by atoms with E-state index in [4.69, 9.17) is 10.5 Å². The number of urea groups is 1. The van der Waals surface area contributed by atoms with Gasteiger partial charge in [0.05, 0.1) is 19.4 Å². The van der Waals surface area contributed by atoms with Crippen LogP contribution in [0.5, 0.6) is 0 Å². The molecule has 3 N–H and O–H groups in total. The summed E-state index contributed by atoms with van der Waals surface area (Å²) in [4.78, 5) is 13.8. The molecule has 6 nitrogen and oxygen atoms in total. The Kier molecular flexibility index (Phi) is 4.68. The van der Waals surface area contributed by atoms with Crippen LogP contribution in [0.4, 0.5) is 4.79 Å². The fourth-order valence-electron chi connectivity index (χ4n) is 1.72. The smallest absolute Gasteiger partial charge is 0.332 e. The second kappa shape index (κ2) is 6.48. The highest BCUT2D eigenvalue weighted by Crippen LogP contribution is 2.15. The number of hydrogen-bond acceptors (Lipinski definition) is 5. The van der Waals surface area contributed by atoms with E-state index in [1.807, 2.05) is 0 Å². The van der Waals surface area contributed by atoms with Crippen molar-refractivity contribution in [3.05, 3.63) is 21.9 Å². The standard InChI is InChI=1S/C11H16N4O2S/c12-11(16)14-13-6-10-5-9(8-18-10)7-15-1-3-17-4-2-15/h5-6,8H,1-4,7H2,(H3,12,14,16)/b13-6+. The highest BCUT2D eigenvalue weighted by atomic mass is 32.1. The van der Waals surface area contributed by atoms with E-state index in [9.17, 15) is 4.79 Å². The van der Waals surface area contributed by atoms with Crippen LogP contribution in [0.25, 0.3) is 0 Å². The van der Waals surface area contributed by atoms with Gasteiger partial charge in [0.1, 0.15) is 0 Å². The van der Waals surface area contributed by atoms with Gasteiger partial charge in [0.25, 0.3) is 0 Å². The zero-order valence-corrected chi connectivity index (χ0v) is 10.8. The molecule has 1 aliphatic rings. The van der Waals surface area contributed by atoms with Gasteiger partial charge < -0.3 is 10.5 Å². The lowest BCUT2D eigenvalue weighted by molar-refractivity contribution is 0.0342. The molecule has 2 rings (SSSR count). The zero-order chi connectivity index (χ0) is 12.8. The summed E-state index contributed by atoms with van der Waals surface area (Å²) < 4.78 is 5.31. The Morgan fingerprint density at radius 3 is 3.11 bits per heavy atom. The molecule has 0 radical (unpaired) electrons. The van der Waals surface area contributed by atoms with E-state index >= 15 is 0 Å². The lowest BCUT2D eigenvalue weighted by atomic mass is 10.3.